The van der Waals surface area contributed by atoms with Crippen LogP contribution in [0.4, 0.5) is 4.39 Å². The molecule has 96 valence electrons. The number of rotatable bonds is 7. The van der Waals surface area contributed by atoms with Crippen LogP contribution in [0, 0.1) is 5.82 Å². The molecule has 1 nitrogen and oxygen atoms in total. The lowest BCUT2D eigenvalue weighted by Gasteiger charge is -2.17. The van der Waals surface area contributed by atoms with Crippen LogP contribution >= 0.6 is 11.6 Å². The summed E-state index contributed by atoms with van der Waals surface area (Å²) in [6.07, 6.45) is 6.03. The van der Waals surface area contributed by atoms with Crippen molar-refractivity contribution in [3.05, 3.63) is 34.6 Å². The van der Waals surface area contributed by atoms with Gasteiger partial charge in [0.2, 0.25) is 0 Å². The standard InChI is InChI=1S/C14H21ClFN/c1-3-4-5-6-7-14(17-2)11-8-9-13(16)12(15)10-11/h8-10,14,17H,3-7H2,1-2H3. The molecule has 17 heavy (non-hydrogen) atoms. The first kappa shape index (κ1) is 14.5. The van der Waals surface area contributed by atoms with Crippen molar-refractivity contribution in [3.8, 4) is 0 Å². The smallest absolute Gasteiger partial charge is 0.141 e. The quantitative estimate of drug-likeness (QED) is 0.698. The molecule has 1 aromatic rings. The van der Waals surface area contributed by atoms with E-state index in [1.165, 1.54) is 31.7 Å². The molecule has 0 aromatic heterocycles. The highest BCUT2D eigenvalue weighted by Crippen LogP contribution is 2.24. The van der Waals surface area contributed by atoms with Crippen LogP contribution in [0.2, 0.25) is 5.02 Å². The van der Waals surface area contributed by atoms with Crippen LogP contribution in [-0.4, -0.2) is 7.05 Å². The van der Waals surface area contributed by atoms with Gasteiger partial charge in [-0.1, -0.05) is 50.3 Å². The van der Waals surface area contributed by atoms with Crippen molar-refractivity contribution in [2.45, 2.75) is 45.1 Å². The molecule has 0 aliphatic rings. The molecule has 0 heterocycles. The fraction of sp³-hybridized carbons (Fsp3) is 0.571. The Morgan fingerprint density at radius 3 is 2.65 bits per heavy atom. The molecule has 0 saturated carbocycles. The van der Waals surface area contributed by atoms with Gasteiger partial charge < -0.3 is 5.32 Å². The Bertz CT molecular complexity index is 341. The van der Waals surface area contributed by atoms with E-state index in [2.05, 4.69) is 12.2 Å². The molecule has 1 rings (SSSR count). The summed E-state index contributed by atoms with van der Waals surface area (Å²) < 4.78 is 13.1. The molecule has 0 radical (unpaired) electrons. The van der Waals surface area contributed by atoms with Gasteiger partial charge in [0.05, 0.1) is 5.02 Å². The van der Waals surface area contributed by atoms with Crippen molar-refractivity contribution in [2.75, 3.05) is 7.05 Å². The van der Waals surface area contributed by atoms with E-state index in [1.807, 2.05) is 13.1 Å². The van der Waals surface area contributed by atoms with Gasteiger partial charge in [-0.3, -0.25) is 0 Å². The van der Waals surface area contributed by atoms with E-state index in [0.29, 0.717) is 0 Å². The monoisotopic (exact) mass is 257 g/mol. The third kappa shape index (κ3) is 4.64. The number of hydrogen-bond donors (Lipinski definition) is 1. The Hall–Kier alpha value is -0.600. The first-order chi connectivity index (χ1) is 8.19. The highest BCUT2D eigenvalue weighted by molar-refractivity contribution is 6.30. The molecule has 0 spiro atoms. The summed E-state index contributed by atoms with van der Waals surface area (Å²) in [5.41, 5.74) is 1.07. The molecular weight excluding hydrogens is 237 g/mol. The summed E-state index contributed by atoms with van der Waals surface area (Å²) in [6.45, 7) is 2.20. The highest BCUT2D eigenvalue weighted by Gasteiger charge is 2.10. The maximum absolute atomic E-state index is 13.1. The lowest BCUT2D eigenvalue weighted by molar-refractivity contribution is 0.504. The molecule has 0 saturated heterocycles. The summed E-state index contributed by atoms with van der Waals surface area (Å²) in [5, 5.41) is 3.47. The Kier molecular flexibility index (Phi) is 6.53. The summed E-state index contributed by atoms with van der Waals surface area (Å²) in [6, 6.07) is 5.23. The first-order valence-electron chi connectivity index (χ1n) is 6.31. The normalized spacial score (nSPS) is 12.7. The van der Waals surface area contributed by atoms with E-state index in [0.717, 1.165) is 12.0 Å². The minimum Gasteiger partial charge on any atom is -0.313 e. The lowest BCUT2D eigenvalue weighted by Crippen LogP contribution is -2.16. The minimum atomic E-state index is -0.351. The summed E-state index contributed by atoms with van der Waals surface area (Å²) in [5.74, 6) is -0.351. The zero-order chi connectivity index (χ0) is 12.7. The maximum Gasteiger partial charge on any atom is 0.141 e. The van der Waals surface area contributed by atoms with E-state index in [9.17, 15) is 4.39 Å². The predicted molar refractivity (Wildman–Crippen MR) is 72.0 cm³/mol. The third-order valence-corrected chi connectivity index (χ3v) is 3.33. The predicted octanol–water partition coefficient (Wildman–Crippen LogP) is 4.71. The molecule has 3 heteroatoms. The second-order valence-electron chi connectivity index (χ2n) is 4.36. The number of halogens is 2. The molecule has 0 aliphatic carbocycles. The minimum absolute atomic E-state index is 0.205. The average molecular weight is 258 g/mol. The Morgan fingerprint density at radius 2 is 2.06 bits per heavy atom. The maximum atomic E-state index is 13.1. The van der Waals surface area contributed by atoms with Crippen molar-refractivity contribution >= 4 is 11.6 Å². The average Bonchev–Trinajstić information content (AvgIpc) is 2.33. The molecule has 0 bridgehead atoms. The number of hydrogen-bond acceptors (Lipinski definition) is 1. The molecule has 0 amide bonds. The van der Waals surface area contributed by atoms with Crippen molar-refractivity contribution in [2.24, 2.45) is 0 Å². The molecular formula is C14H21ClFN. The van der Waals surface area contributed by atoms with Crippen LogP contribution in [0.15, 0.2) is 18.2 Å². The van der Waals surface area contributed by atoms with Crippen LogP contribution in [0.3, 0.4) is 0 Å². The topological polar surface area (TPSA) is 12.0 Å². The van der Waals surface area contributed by atoms with Crippen LogP contribution in [-0.2, 0) is 0 Å². The van der Waals surface area contributed by atoms with E-state index in [4.69, 9.17) is 11.6 Å². The van der Waals surface area contributed by atoms with E-state index < -0.39 is 0 Å². The molecule has 1 N–H and O–H groups in total. The van der Waals surface area contributed by atoms with Gasteiger partial charge in [-0.15, -0.1) is 0 Å². The highest BCUT2D eigenvalue weighted by atomic mass is 35.5. The molecule has 0 fully saturated rings. The van der Waals surface area contributed by atoms with E-state index in [-0.39, 0.29) is 16.9 Å². The fourth-order valence-corrected chi connectivity index (χ4v) is 2.17. The third-order valence-electron chi connectivity index (χ3n) is 3.04. The van der Waals surface area contributed by atoms with Gasteiger partial charge >= 0.3 is 0 Å². The number of benzene rings is 1. The number of nitrogens with one attached hydrogen (secondary N) is 1. The SMILES string of the molecule is CCCCCCC(NC)c1ccc(F)c(Cl)c1. The fourth-order valence-electron chi connectivity index (χ4n) is 1.98. The molecule has 1 unspecified atom stereocenters. The van der Waals surface area contributed by atoms with Gasteiger partial charge in [0.25, 0.3) is 0 Å². The van der Waals surface area contributed by atoms with Crippen molar-refractivity contribution in [1.82, 2.24) is 5.32 Å². The van der Waals surface area contributed by atoms with Gasteiger partial charge in [-0.05, 0) is 31.2 Å². The van der Waals surface area contributed by atoms with E-state index >= 15 is 0 Å². The Labute approximate surface area is 108 Å². The van der Waals surface area contributed by atoms with Crippen LogP contribution in [0.25, 0.3) is 0 Å². The lowest BCUT2D eigenvalue weighted by atomic mass is 10.00. The largest absolute Gasteiger partial charge is 0.313 e. The van der Waals surface area contributed by atoms with Gasteiger partial charge in [-0.2, -0.15) is 0 Å². The van der Waals surface area contributed by atoms with Crippen LogP contribution < -0.4 is 5.32 Å². The summed E-state index contributed by atoms with van der Waals surface area (Å²) in [4.78, 5) is 0. The van der Waals surface area contributed by atoms with Gasteiger partial charge in [-0.25, -0.2) is 4.39 Å². The van der Waals surface area contributed by atoms with Crippen LogP contribution in [0.5, 0.6) is 0 Å². The van der Waals surface area contributed by atoms with Crippen molar-refractivity contribution in [1.29, 1.82) is 0 Å². The van der Waals surface area contributed by atoms with Crippen molar-refractivity contribution in [3.63, 3.8) is 0 Å². The van der Waals surface area contributed by atoms with Gasteiger partial charge in [0, 0.05) is 6.04 Å². The molecule has 0 aliphatic heterocycles. The number of unbranched alkanes of at least 4 members (excludes halogenated alkanes) is 3. The molecule has 1 aromatic carbocycles. The second-order valence-corrected chi connectivity index (χ2v) is 4.77. The molecule has 1 atom stereocenters. The Balaban J connectivity index is 2.56. The van der Waals surface area contributed by atoms with Gasteiger partial charge in [0.15, 0.2) is 0 Å². The van der Waals surface area contributed by atoms with Gasteiger partial charge in [0.1, 0.15) is 5.82 Å². The van der Waals surface area contributed by atoms with E-state index in [1.54, 1.807) is 6.07 Å². The zero-order valence-corrected chi connectivity index (χ0v) is 11.4. The first-order valence-corrected chi connectivity index (χ1v) is 6.69. The summed E-state index contributed by atoms with van der Waals surface area (Å²) in [7, 11) is 1.93. The second kappa shape index (κ2) is 7.67. The zero-order valence-electron chi connectivity index (χ0n) is 10.6. The van der Waals surface area contributed by atoms with Crippen molar-refractivity contribution < 1.29 is 4.39 Å². The van der Waals surface area contributed by atoms with Crippen LogP contribution in [0.1, 0.15) is 50.6 Å². The Morgan fingerprint density at radius 1 is 1.29 bits per heavy atom. The summed E-state index contributed by atoms with van der Waals surface area (Å²) >= 11 is 5.80.